The van der Waals surface area contributed by atoms with Gasteiger partial charge in [0, 0.05) is 11.8 Å². The zero-order valence-corrected chi connectivity index (χ0v) is 33.2. The Labute approximate surface area is 309 Å². The molecule has 6 rings (SSSR count). The first-order valence-electron chi connectivity index (χ1n) is 20.4. The molecule has 5 nitrogen and oxygen atoms in total. The third-order valence-electron chi connectivity index (χ3n) is 16.7. The maximum atomic E-state index is 14.6. The molecule has 5 aliphatic carbocycles. The molecule has 0 spiro atoms. The van der Waals surface area contributed by atoms with Crippen LogP contribution in [0.25, 0.3) is 5.57 Å². The highest BCUT2D eigenvalue weighted by Crippen LogP contribution is 2.78. The van der Waals surface area contributed by atoms with Crippen molar-refractivity contribution < 1.29 is 19.5 Å². The quantitative estimate of drug-likeness (QED) is 0.174. The molecule has 1 aromatic carbocycles. The molecule has 280 valence electrons. The van der Waals surface area contributed by atoms with E-state index < -0.39 is 5.97 Å². The Morgan fingerprint density at radius 2 is 1.57 bits per heavy atom. The molecule has 5 aliphatic rings. The van der Waals surface area contributed by atoms with Crippen LogP contribution in [0.2, 0.25) is 0 Å². The number of hydrogen-bond donors (Lipinski definition) is 1. The number of unbranched alkanes of at least 4 members (excludes halogenated alkanes) is 1. The van der Waals surface area contributed by atoms with E-state index >= 15 is 0 Å². The lowest BCUT2D eigenvalue weighted by molar-refractivity contribution is -0.224. The average molecular weight is 698 g/mol. The third-order valence-corrected chi connectivity index (χ3v) is 16.7. The molecule has 1 aromatic rings. The van der Waals surface area contributed by atoms with Crippen molar-refractivity contribution in [3.63, 3.8) is 0 Å². The Morgan fingerprint density at radius 1 is 0.863 bits per heavy atom. The second-order valence-corrected chi connectivity index (χ2v) is 19.2. The van der Waals surface area contributed by atoms with Gasteiger partial charge in [0.25, 0.3) is 0 Å². The molecule has 9 atom stereocenters. The van der Waals surface area contributed by atoms with E-state index in [0.29, 0.717) is 53.9 Å². The van der Waals surface area contributed by atoms with Crippen LogP contribution in [0.15, 0.2) is 42.5 Å². The van der Waals surface area contributed by atoms with E-state index in [1.165, 1.54) is 36.8 Å². The first kappa shape index (κ1) is 38.2. The maximum absolute atomic E-state index is 14.6. The van der Waals surface area contributed by atoms with E-state index in [1.54, 1.807) is 19.1 Å². The van der Waals surface area contributed by atoms with E-state index in [2.05, 4.69) is 66.0 Å². The predicted octanol–water partition coefficient (Wildman–Crippen LogP) is 10.7. The monoisotopic (exact) mass is 698 g/mol. The fourth-order valence-corrected chi connectivity index (χ4v) is 14.0. The number of carboxylic acid groups (broad SMARTS) is 1. The fraction of sp³-hybridized carbons (Fsp3) is 0.717. The number of allylic oxidation sites excluding steroid dienone is 3. The van der Waals surface area contributed by atoms with Crippen molar-refractivity contribution in [3.05, 3.63) is 53.6 Å². The lowest BCUT2D eigenvalue weighted by Gasteiger charge is -2.72. The first-order valence-corrected chi connectivity index (χ1v) is 20.4. The number of aromatic carboxylic acids is 1. The number of rotatable bonds is 12. The van der Waals surface area contributed by atoms with Gasteiger partial charge in [-0.05, 0) is 172 Å². The van der Waals surface area contributed by atoms with Crippen molar-refractivity contribution in [2.24, 2.45) is 56.7 Å². The molecule has 0 heterocycles. The molecule has 0 aliphatic heterocycles. The second-order valence-electron chi connectivity index (χ2n) is 19.2. The normalized spacial score (nSPS) is 38.1. The summed E-state index contributed by atoms with van der Waals surface area (Å²) in [4.78, 5) is 40.1. The first-order chi connectivity index (χ1) is 24.0. The van der Waals surface area contributed by atoms with Crippen molar-refractivity contribution in [1.29, 1.82) is 0 Å². The van der Waals surface area contributed by atoms with E-state index in [-0.39, 0.29) is 32.9 Å². The number of hydrogen-bond acceptors (Lipinski definition) is 4. The van der Waals surface area contributed by atoms with Crippen molar-refractivity contribution in [2.75, 3.05) is 19.6 Å². The molecule has 4 fully saturated rings. The van der Waals surface area contributed by atoms with Crippen molar-refractivity contribution in [1.82, 2.24) is 4.90 Å². The van der Waals surface area contributed by atoms with Crippen molar-refractivity contribution in [2.45, 2.75) is 132 Å². The largest absolute Gasteiger partial charge is 0.478 e. The van der Waals surface area contributed by atoms with Gasteiger partial charge in [-0.15, -0.1) is 0 Å². The van der Waals surface area contributed by atoms with E-state index in [1.807, 2.05) is 12.1 Å². The summed E-state index contributed by atoms with van der Waals surface area (Å²) in [7, 11) is 0. The van der Waals surface area contributed by atoms with Crippen LogP contribution in [0.1, 0.15) is 148 Å². The maximum Gasteiger partial charge on any atom is 0.335 e. The minimum atomic E-state index is -0.876. The molecule has 0 radical (unpaired) electrons. The zero-order chi connectivity index (χ0) is 37.1. The number of Topliss-reactive ketones (excluding diaryl/α,β-unsaturated/α-hetero) is 2. The summed E-state index contributed by atoms with van der Waals surface area (Å²) >= 11 is 0. The predicted molar refractivity (Wildman–Crippen MR) is 207 cm³/mol. The van der Waals surface area contributed by atoms with Gasteiger partial charge in [-0.3, -0.25) is 14.5 Å². The molecule has 0 amide bonds. The third kappa shape index (κ3) is 6.04. The highest BCUT2D eigenvalue weighted by molar-refractivity contribution is 5.88. The van der Waals surface area contributed by atoms with Crippen LogP contribution in [-0.2, 0) is 9.59 Å². The minimum Gasteiger partial charge on any atom is -0.478 e. The Hall–Kier alpha value is -2.53. The highest BCUT2D eigenvalue weighted by Gasteiger charge is 2.71. The fourth-order valence-electron chi connectivity index (χ4n) is 14.0. The summed E-state index contributed by atoms with van der Waals surface area (Å²) in [6, 6.07) is 7.55. The van der Waals surface area contributed by atoms with Gasteiger partial charge in [0.1, 0.15) is 11.6 Å². The van der Waals surface area contributed by atoms with Crippen LogP contribution < -0.4 is 0 Å². The van der Waals surface area contributed by atoms with Crippen LogP contribution in [0.3, 0.4) is 0 Å². The molecule has 0 saturated heterocycles. The molecule has 51 heavy (non-hydrogen) atoms. The van der Waals surface area contributed by atoms with Gasteiger partial charge in [-0.25, -0.2) is 4.79 Å². The van der Waals surface area contributed by atoms with E-state index in [9.17, 15) is 19.5 Å². The topological polar surface area (TPSA) is 74.7 Å². The molecule has 1 N–H and O–H groups in total. The molecule has 0 bridgehead atoms. The van der Waals surface area contributed by atoms with Gasteiger partial charge in [0.15, 0.2) is 0 Å². The van der Waals surface area contributed by atoms with Crippen molar-refractivity contribution in [3.8, 4) is 0 Å². The van der Waals surface area contributed by atoms with Crippen LogP contribution in [0.4, 0.5) is 0 Å². The minimum absolute atomic E-state index is 0.0122. The Kier molecular flexibility index (Phi) is 10.3. The number of carbonyl (C=O) groups excluding carboxylic acids is 2. The van der Waals surface area contributed by atoms with Crippen LogP contribution in [0.5, 0.6) is 0 Å². The number of ketones is 2. The van der Waals surface area contributed by atoms with Crippen LogP contribution in [0, 0.1) is 56.7 Å². The summed E-state index contributed by atoms with van der Waals surface area (Å²) in [5.41, 5.74) is 4.54. The number of nitrogens with zero attached hydrogens (tertiary/aromatic N) is 1. The Morgan fingerprint density at radius 3 is 2.20 bits per heavy atom. The van der Waals surface area contributed by atoms with E-state index in [4.69, 9.17) is 0 Å². The zero-order valence-electron chi connectivity index (χ0n) is 33.2. The second kappa shape index (κ2) is 13.7. The van der Waals surface area contributed by atoms with E-state index in [0.717, 1.165) is 63.6 Å². The molecule has 0 unspecified atom stereocenters. The SMILES string of the molecule is C=C(C)[C@@H]1CC[C@]2(C(=O)CCCCN(CC)CC(C)=O)CC[C@]3(C)[C@H](CC[C@@H]4[C@@]5(C)CC=C(c6ccc(C(=O)O)cc6)C(C)(C)[C@@H]5CC[C@]43C)[C@@H]12. The van der Waals surface area contributed by atoms with Gasteiger partial charge in [-0.2, -0.15) is 0 Å². The van der Waals surface area contributed by atoms with Gasteiger partial charge in [-0.1, -0.05) is 71.9 Å². The highest BCUT2D eigenvalue weighted by atomic mass is 16.4. The van der Waals surface area contributed by atoms with Gasteiger partial charge in [0.2, 0.25) is 0 Å². The summed E-state index contributed by atoms with van der Waals surface area (Å²) in [6.07, 6.45) is 15.4. The Balaban J connectivity index is 1.25. The molecule has 0 aromatic heterocycles. The summed E-state index contributed by atoms with van der Waals surface area (Å²) in [5, 5.41) is 9.49. The molecule has 4 saturated carbocycles. The van der Waals surface area contributed by atoms with Gasteiger partial charge < -0.3 is 5.11 Å². The standard InChI is InChI=1S/C46H67NO4/c1-10-47(29-31(4)48)28-12-11-13-39(49)46-25-20-34(30(2)3)40(46)36-18-19-38-43(7)23-21-35(32-14-16-33(17-15-32)41(50)51)42(5,6)37(43)22-24-45(38,9)44(36,8)26-27-46/h14-17,21,34,36-38,40H,2,10-13,18-20,22-29H2,1,3-9H3,(H,50,51)/t34-,36+,37-,38+,40+,43-,44+,45+,46+/m0/s1. The van der Waals surface area contributed by atoms with Gasteiger partial charge >= 0.3 is 5.97 Å². The number of carbonyl (C=O) groups is 3. The smallest absolute Gasteiger partial charge is 0.335 e. The molecule has 5 heteroatoms. The van der Waals surface area contributed by atoms with Crippen molar-refractivity contribution >= 4 is 23.1 Å². The molecular formula is C46H67NO4. The van der Waals surface area contributed by atoms with Crippen LogP contribution in [-0.4, -0.2) is 47.2 Å². The molecular weight excluding hydrogens is 631 g/mol. The lowest BCUT2D eigenvalue weighted by atomic mass is 9.32. The summed E-state index contributed by atoms with van der Waals surface area (Å²) in [5.74, 6) is 2.42. The number of fused-ring (bicyclic) bond motifs is 7. The lowest BCUT2D eigenvalue weighted by Crippen LogP contribution is -2.65. The van der Waals surface area contributed by atoms with Crippen LogP contribution >= 0.6 is 0 Å². The number of likely N-dealkylation sites (N-methyl/N-ethyl adjacent to an activating group) is 1. The number of benzene rings is 1. The summed E-state index contributed by atoms with van der Waals surface area (Å²) in [6.45, 7) is 25.7. The average Bonchev–Trinajstić information content (AvgIpc) is 3.47. The number of carboxylic acids is 1. The summed E-state index contributed by atoms with van der Waals surface area (Å²) < 4.78 is 0. The van der Waals surface area contributed by atoms with Gasteiger partial charge in [0.05, 0.1) is 12.1 Å². The Bertz CT molecular complexity index is 1570.